The van der Waals surface area contributed by atoms with Crippen LogP contribution in [0.4, 0.5) is 15.8 Å². The van der Waals surface area contributed by atoms with E-state index in [0.29, 0.717) is 12.2 Å². The van der Waals surface area contributed by atoms with E-state index in [4.69, 9.17) is 5.73 Å². The number of nitrogens with two attached hydrogens (primary N) is 1. The maximum Gasteiger partial charge on any atom is 0.148 e. The topological polar surface area (TPSA) is 50.9 Å². The third-order valence-electron chi connectivity index (χ3n) is 2.52. The van der Waals surface area contributed by atoms with E-state index in [1.807, 2.05) is 5.38 Å². The summed E-state index contributed by atoms with van der Waals surface area (Å²) in [6.07, 6.45) is 1.78. The van der Waals surface area contributed by atoms with Gasteiger partial charge in [0.25, 0.3) is 0 Å². The molecule has 17 heavy (non-hydrogen) atoms. The molecule has 0 radical (unpaired) electrons. The highest BCUT2D eigenvalue weighted by molar-refractivity contribution is 7.09. The molecule has 1 unspecified atom stereocenters. The molecule has 3 N–H and O–H groups in total. The van der Waals surface area contributed by atoms with Crippen molar-refractivity contribution in [2.24, 2.45) is 0 Å². The number of benzene rings is 1. The Hall–Kier alpha value is -1.62. The zero-order valence-corrected chi connectivity index (χ0v) is 10.3. The maximum absolute atomic E-state index is 13.2. The van der Waals surface area contributed by atoms with Crippen LogP contribution in [0.2, 0.25) is 0 Å². The summed E-state index contributed by atoms with van der Waals surface area (Å²) in [5, 5.41) is 6.15. The molecule has 2 rings (SSSR count). The van der Waals surface area contributed by atoms with Crippen molar-refractivity contribution in [3.8, 4) is 0 Å². The van der Waals surface area contributed by atoms with Gasteiger partial charge in [-0.3, -0.25) is 0 Å². The van der Waals surface area contributed by atoms with Crippen LogP contribution in [-0.4, -0.2) is 11.5 Å². The number of nitrogen functional groups attached to an aromatic ring is 1. The number of nitrogens with one attached hydrogen (secondary N) is 1. The molecule has 0 aliphatic carbocycles. The molecule has 90 valence electrons. The molecule has 0 saturated heterocycles. The van der Waals surface area contributed by atoms with E-state index in [0.717, 1.165) is 5.01 Å². The van der Waals surface area contributed by atoms with Crippen molar-refractivity contribution in [3.63, 3.8) is 0 Å². The fourth-order valence-corrected chi connectivity index (χ4v) is 2.22. The zero-order chi connectivity index (χ0) is 12.3. The van der Waals surface area contributed by atoms with Gasteiger partial charge in [-0.25, -0.2) is 9.37 Å². The minimum Gasteiger partial charge on any atom is -0.395 e. The molecular formula is C12H14FN3S. The van der Waals surface area contributed by atoms with Crippen LogP contribution < -0.4 is 11.1 Å². The summed E-state index contributed by atoms with van der Waals surface area (Å²) in [5.41, 5.74) is 6.44. The first-order valence-electron chi connectivity index (χ1n) is 5.35. The van der Waals surface area contributed by atoms with Gasteiger partial charge in [0.15, 0.2) is 0 Å². The molecule has 0 spiro atoms. The summed E-state index contributed by atoms with van der Waals surface area (Å²) >= 11 is 1.62. The van der Waals surface area contributed by atoms with Crippen LogP contribution in [0.25, 0.3) is 0 Å². The van der Waals surface area contributed by atoms with E-state index in [9.17, 15) is 4.39 Å². The second-order valence-corrected chi connectivity index (χ2v) is 4.78. The lowest BCUT2D eigenvalue weighted by Gasteiger charge is -2.13. The minimum absolute atomic E-state index is 0.166. The molecule has 1 aromatic carbocycles. The number of aromatic nitrogens is 1. The summed E-state index contributed by atoms with van der Waals surface area (Å²) < 4.78 is 13.2. The number of halogens is 1. The van der Waals surface area contributed by atoms with Gasteiger partial charge in [-0.15, -0.1) is 11.3 Å². The smallest absolute Gasteiger partial charge is 0.148 e. The van der Waals surface area contributed by atoms with Crippen LogP contribution in [0.3, 0.4) is 0 Å². The van der Waals surface area contributed by atoms with Crippen LogP contribution in [0, 0.1) is 5.82 Å². The first kappa shape index (κ1) is 11.9. The summed E-state index contributed by atoms with van der Waals surface area (Å²) in [6.45, 7) is 2.75. The van der Waals surface area contributed by atoms with Gasteiger partial charge in [-0.2, -0.15) is 0 Å². The minimum atomic E-state index is -0.392. The Bertz CT molecular complexity index is 485. The Morgan fingerprint density at radius 2 is 2.35 bits per heavy atom. The number of anilines is 2. The highest BCUT2D eigenvalue weighted by Gasteiger charge is 2.09. The van der Waals surface area contributed by atoms with E-state index >= 15 is 0 Å². The lowest BCUT2D eigenvalue weighted by molar-refractivity contribution is 0.632. The Balaban J connectivity index is 2.00. The van der Waals surface area contributed by atoms with E-state index < -0.39 is 5.82 Å². The van der Waals surface area contributed by atoms with E-state index in [2.05, 4.69) is 17.2 Å². The first-order chi connectivity index (χ1) is 8.18. The fourth-order valence-electron chi connectivity index (χ4n) is 1.52. The average Bonchev–Trinajstić information content (AvgIpc) is 2.84. The van der Waals surface area contributed by atoms with Gasteiger partial charge >= 0.3 is 0 Å². The molecule has 0 saturated carbocycles. The number of hydrogen-bond acceptors (Lipinski definition) is 4. The van der Waals surface area contributed by atoms with Crippen LogP contribution in [0.15, 0.2) is 29.8 Å². The summed E-state index contributed by atoms with van der Waals surface area (Å²) in [5.74, 6) is -0.116. The van der Waals surface area contributed by atoms with Crippen molar-refractivity contribution in [2.75, 3.05) is 17.6 Å². The van der Waals surface area contributed by atoms with Crippen LogP contribution in [-0.2, 0) is 0 Å². The van der Waals surface area contributed by atoms with Gasteiger partial charge in [0.2, 0.25) is 0 Å². The van der Waals surface area contributed by atoms with Crippen molar-refractivity contribution in [1.82, 2.24) is 4.98 Å². The highest BCUT2D eigenvalue weighted by atomic mass is 32.1. The third-order valence-corrected chi connectivity index (χ3v) is 3.53. The molecule has 0 aliphatic rings. The average molecular weight is 251 g/mol. The normalized spacial score (nSPS) is 12.4. The quantitative estimate of drug-likeness (QED) is 0.821. The van der Waals surface area contributed by atoms with Crippen molar-refractivity contribution in [3.05, 3.63) is 40.6 Å². The van der Waals surface area contributed by atoms with E-state index in [1.54, 1.807) is 29.7 Å². The number of hydrogen-bond donors (Lipinski definition) is 2. The molecule has 3 nitrogen and oxygen atoms in total. The molecule has 1 atom stereocenters. The zero-order valence-electron chi connectivity index (χ0n) is 9.48. The number of thiazole rings is 1. The summed E-state index contributed by atoms with van der Waals surface area (Å²) in [7, 11) is 0. The summed E-state index contributed by atoms with van der Waals surface area (Å²) in [4.78, 5) is 4.24. The molecule has 0 amide bonds. The lowest BCUT2D eigenvalue weighted by atomic mass is 10.2. The molecule has 1 heterocycles. The third kappa shape index (κ3) is 2.74. The second-order valence-electron chi connectivity index (χ2n) is 3.85. The molecular weight excluding hydrogens is 237 g/mol. The monoisotopic (exact) mass is 251 g/mol. The van der Waals surface area contributed by atoms with Crippen molar-refractivity contribution < 1.29 is 4.39 Å². The largest absolute Gasteiger partial charge is 0.395 e. The Kier molecular flexibility index (Phi) is 3.58. The number of rotatable bonds is 4. The van der Waals surface area contributed by atoms with E-state index in [1.165, 1.54) is 6.07 Å². The van der Waals surface area contributed by atoms with Crippen molar-refractivity contribution in [1.29, 1.82) is 0 Å². The standard InChI is InChI=1S/C12H14FN3S/c1-8(12-15-5-6-17-12)7-16-10-4-2-3-9(13)11(10)14/h2-6,8,16H,7,14H2,1H3. The lowest BCUT2D eigenvalue weighted by Crippen LogP contribution is -2.11. The molecule has 5 heteroatoms. The Morgan fingerprint density at radius 3 is 3.06 bits per heavy atom. The Morgan fingerprint density at radius 1 is 1.53 bits per heavy atom. The van der Waals surface area contributed by atoms with Gasteiger partial charge in [0, 0.05) is 24.0 Å². The molecule has 0 aliphatic heterocycles. The molecule has 1 aromatic heterocycles. The molecule has 2 aromatic rings. The maximum atomic E-state index is 13.2. The van der Waals surface area contributed by atoms with E-state index in [-0.39, 0.29) is 11.6 Å². The SMILES string of the molecule is CC(CNc1cccc(F)c1N)c1nccs1. The van der Waals surface area contributed by atoms with Gasteiger partial charge in [-0.05, 0) is 12.1 Å². The first-order valence-corrected chi connectivity index (χ1v) is 6.23. The van der Waals surface area contributed by atoms with Crippen LogP contribution in [0.5, 0.6) is 0 Å². The second kappa shape index (κ2) is 5.14. The predicted octanol–water partition coefficient (Wildman–Crippen LogP) is 3.08. The highest BCUT2D eigenvalue weighted by Crippen LogP contribution is 2.23. The summed E-state index contributed by atoms with van der Waals surface area (Å²) in [6, 6.07) is 4.76. The van der Waals surface area contributed by atoms with Crippen LogP contribution in [0.1, 0.15) is 17.8 Å². The van der Waals surface area contributed by atoms with Crippen LogP contribution >= 0.6 is 11.3 Å². The van der Waals surface area contributed by atoms with Gasteiger partial charge < -0.3 is 11.1 Å². The van der Waals surface area contributed by atoms with Crippen molar-refractivity contribution >= 4 is 22.7 Å². The number of nitrogens with zero attached hydrogens (tertiary/aromatic N) is 1. The number of para-hydroxylation sites is 1. The fraction of sp³-hybridized carbons (Fsp3) is 0.250. The van der Waals surface area contributed by atoms with Gasteiger partial charge in [0.1, 0.15) is 5.82 Å². The Labute approximate surface area is 103 Å². The molecule has 0 fully saturated rings. The van der Waals surface area contributed by atoms with Crippen molar-refractivity contribution in [2.45, 2.75) is 12.8 Å². The van der Waals surface area contributed by atoms with Gasteiger partial charge in [-0.1, -0.05) is 13.0 Å². The predicted molar refractivity (Wildman–Crippen MR) is 69.8 cm³/mol. The molecule has 0 bridgehead atoms. The van der Waals surface area contributed by atoms with Gasteiger partial charge in [0.05, 0.1) is 16.4 Å².